The topological polar surface area (TPSA) is 12.0 Å². The van der Waals surface area contributed by atoms with Crippen LogP contribution < -0.4 is 5.32 Å². The maximum Gasteiger partial charge on any atom is 0.00683 e. The molecule has 0 spiro atoms. The summed E-state index contributed by atoms with van der Waals surface area (Å²) in [5.41, 5.74) is 0. The van der Waals surface area contributed by atoms with E-state index in [9.17, 15) is 0 Å². The Morgan fingerprint density at radius 1 is 1.13 bits per heavy atom. The van der Waals surface area contributed by atoms with E-state index in [-0.39, 0.29) is 0 Å². The van der Waals surface area contributed by atoms with Gasteiger partial charge in [0.1, 0.15) is 0 Å². The van der Waals surface area contributed by atoms with E-state index in [4.69, 9.17) is 0 Å². The van der Waals surface area contributed by atoms with Gasteiger partial charge in [0.15, 0.2) is 0 Å². The fourth-order valence-electron chi connectivity index (χ4n) is 2.19. The Labute approximate surface area is 96.0 Å². The monoisotopic (exact) mass is 211 g/mol. The quantitative estimate of drug-likeness (QED) is 0.608. The summed E-state index contributed by atoms with van der Waals surface area (Å²) in [6, 6.07) is 0.884. The van der Waals surface area contributed by atoms with E-state index in [1.807, 2.05) is 0 Å². The van der Waals surface area contributed by atoms with Gasteiger partial charge in [-0.05, 0) is 44.1 Å². The molecule has 0 radical (unpaired) electrons. The molecule has 1 atom stereocenters. The Kier molecular flexibility index (Phi) is 6.31. The molecule has 0 amide bonds. The Morgan fingerprint density at radius 2 is 1.87 bits per heavy atom. The third-order valence-corrected chi connectivity index (χ3v) is 3.36. The molecule has 90 valence electrons. The van der Waals surface area contributed by atoms with Gasteiger partial charge in [0.2, 0.25) is 0 Å². The van der Waals surface area contributed by atoms with Gasteiger partial charge in [-0.3, -0.25) is 0 Å². The Morgan fingerprint density at radius 3 is 2.40 bits per heavy atom. The summed E-state index contributed by atoms with van der Waals surface area (Å²) >= 11 is 0. The molecule has 1 nitrogen and oxygen atoms in total. The smallest absolute Gasteiger partial charge is 0.00683 e. The highest BCUT2D eigenvalue weighted by Crippen LogP contribution is 2.21. The molecule has 1 aliphatic rings. The van der Waals surface area contributed by atoms with Crippen molar-refractivity contribution in [3.8, 4) is 0 Å². The second kappa shape index (κ2) is 7.27. The van der Waals surface area contributed by atoms with Crippen molar-refractivity contribution in [3.63, 3.8) is 0 Å². The van der Waals surface area contributed by atoms with Gasteiger partial charge in [-0.15, -0.1) is 0 Å². The molecular weight excluding hydrogens is 182 g/mol. The minimum atomic E-state index is 0.878. The first-order chi connectivity index (χ1) is 7.22. The van der Waals surface area contributed by atoms with Crippen LogP contribution in [0.2, 0.25) is 0 Å². The molecule has 1 unspecified atom stereocenters. The van der Waals surface area contributed by atoms with Crippen LogP contribution in [0.5, 0.6) is 0 Å². The minimum Gasteiger partial charge on any atom is -0.314 e. The molecule has 0 bridgehead atoms. The Hall–Kier alpha value is -0.0400. The van der Waals surface area contributed by atoms with Gasteiger partial charge in [-0.1, -0.05) is 40.0 Å². The lowest BCUT2D eigenvalue weighted by molar-refractivity contribution is 0.384. The van der Waals surface area contributed by atoms with Crippen LogP contribution in [-0.4, -0.2) is 12.6 Å². The van der Waals surface area contributed by atoms with Crippen LogP contribution >= 0.6 is 0 Å². The second-order valence-corrected chi connectivity index (χ2v) is 5.66. The summed E-state index contributed by atoms with van der Waals surface area (Å²) in [4.78, 5) is 0. The highest BCUT2D eigenvalue weighted by atomic mass is 14.9. The first-order valence-electron chi connectivity index (χ1n) is 6.95. The van der Waals surface area contributed by atoms with Crippen molar-refractivity contribution in [3.05, 3.63) is 0 Å². The van der Waals surface area contributed by atoms with Gasteiger partial charge in [-0.2, -0.15) is 0 Å². The van der Waals surface area contributed by atoms with E-state index in [0.29, 0.717) is 0 Å². The van der Waals surface area contributed by atoms with Crippen LogP contribution in [0.1, 0.15) is 65.7 Å². The minimum absolute atomic E-state index is 0.878. The number of hydrogen-bond donors (Lipinski definition) is 1. The van der Waals surface area contributed by atoms with Crippen molar-refractivity contribution in [2.24, 2.45) is 11.8 Å². The van der Waals surface area contributed by atoms with E-state index >= 15 is 0 Å². The number of nitrogens with one attached hydrogen (secondary N) is 1. The first-order valence-corrected chi connectivity index (χ1v) is 6.95. The van der Waals surface area contributed by atoms with Gasteiger partial charge in [0, 0.05) is 6.04 Å². The predicted molar refractivity (Wildman–Crippen MR) is 68.1 cm³/mol. The highest BCUT2D eigenvalue weighted by molar-refractivity contribution is 4.81. The summed E-state index contributed by atoms with van der Waals surface area (Å²) in [7, 11) is 0. The number of rotatable bonds is 9. The van der Waals surface area contributed by atoms with Crippen LogP contribution in [0, 0.1) is 11.8 Å². The van der Waals surface area contributed by atoms with Crippen LogP contribution in [0.3, 0.4) is 0 Å². The number of hydrogen-bond acceptors (Lipinski definition) is 1. The maximum absolute atomic E-state index is 3.68. The van der Waals surface area contributed by atoms with Crippen molar-refractivity contribution in [2.45, 2.75) is 71.8 Å². The zero-order chi connectivity index (χ0) is 11.1. The molecule has 0 aromatic heterocycles. The van der Waals surface area contributed by atoms with E-state index in [0.717, 1.165) is 17.9 Å². The van der Waals surface area contributed by atoms with Crippen LogP contribution in [0.15, 0.2) is 0 Å². The lowest BCUT2D eigenvalue weighted by atomic mass is 9.94. The normalized spacial score (nSPS) is 18.4. The lowest BCUT2D eigenvalue weighted by Crippen LogP contribution is -2.24. The first kappa shape index (κ1) is 13.0. The van der Waals surface area contributed by atoms with Gasteiger partial charge in [-0.25, -0.2) is 0 Å². The molecule has 0 heterocycles. The average Bonchev–Trinajstić information content (AvgIpc) is 2.97. The molecule has 0 aliphatic heterocycles. The van der Waals surface area contributed by atoms with Crippen LogP contribution in [-0.2, 0) is 0 Å². The standard InChI is InChI=1S/C14H29N/c1-4-6-13(8-5-7-12(2)3)11-15-14-9-10-14/h12-15H,4-11H2,1-3H3. The van der Waals surface area contributed by atoms with Gasteiger partial charge >= 0.3 is 0 Å². The lowest BCUT2D eigenvalue weighted by Gasteiger charge is -2.17. The second-order valence-electron chi connectivity index (χ2n) is 5.66. The van der Waals surface area contributed by atoms with Gasteiger partial charge in [0.25, 0.3) is 0 Å². The highest BCUT2D eigenvalue weighted by Gasteiger charge is 2.21. The van der Waals surface area contributed by atoms with Gasteiger partial charge < -0.3 is 5.32 Å². The average molecular weight is 211 g/mol. The summed E-state index contributed by atoms with van der Waals surface area (Å²) in [5.74, 6) is 1.82. The molecule has 1 heteroatoms. The fourth-order valence-corrected chi connectivity index (χ4v) is 2.19. The third-order valence-electron chi connectivity index (χ3n) is 3.36. The maximum atomic E-state index is 3.68. The molecule has 1 saturated carbocycles. The van der Waals surface area contributed by atoms with Gasteiger partial charge in [0.05, 0.1) is 0 Å². The molecule has 1 rings (SSSR count). The summed E-state index contributed by atoms with van der Waals surface area (Å²) in [6.07, 6.45) is 9.87. The predicted octanol–water partition coefficient (Wildman–Crippen LogP) is 3.98. The largest absolute Gasteiger partial charge is 0.314 e. The molecule has 1 fully saturated rings. The molecule has 0 saturated heterocycles. The Bertz CT molecular complexity index is 149. The molecule has 15 heavy (non-hydrogen) atoms. The van der Waals surface area contributed by atoms with Crippen molar-refractivity contribution in [2.75, 3.05) is 6.54 Å². The van der Waals surface area contributed by atoms with E-state index in [1.165, 1.54) is 51.5 Å². The molecule has 0 aromatic carbocycles. The van der Waals surface area contributed by atoms with E-state index in [2.05, 4.69) is 26.1 Å². The summed E-state index contributed by atoms with van der Waals surface area (Å²) in [5, 5.41) is 3.68. The third kappa shape index (κ3) is 6.94. The summed E-state index contributed by atoms with van der Waals surface area (Å²) < 4.78 is 0. The van der Waals surface area contributed by atoms with Crippen LogP contribution in [0.4, 0.5) is 0 Å². The molecule has 0 aromatic rings. The summed E-state index contributed by atoms with van der Waals surface area (Å²) in [6.45, 7) is 8.25. The van der Waals surface area contributed by atoms with Crippen molar-refractivity contribution in [1.82, 2.24) is 5.32 Å². The van der Waals surface area contributed by atoms with Crippen molar-refractivity contribution < 1.29 is 0 Å². The SMILES string of the molecule is CCCC(CCCC(C)C)CNC1CC1. The van der Waals surface area contributed by atoms with Crippen molar-refractivity contribution >= 4 is 0 Å². The van der Waals surface area contributed by atoms with Crippen LogP contribution in [0.25, 0.3) is 0 Å². The molecule has 1 aliphatic carbocycles. The zero-order valence-corrected chi connectivity index (χ0v) is 10.9. The molecule has 1 N–H and O–H groups in total. The Balaban J connectivity index is 2.05. The zero-order valence-electron chi connectivity index (χ0n) is 10.9. The van der Waals surface area contributed by atoms with E-state index in [1.54, 1.807) is 0 Å². The fraction of sp³-hybridized carbons (Fsp3) is 1.00. The molecular formula is C14H29N. The van der Waals surface area contributed by atoms with Crippen molar-refractivity contribution in [1.29, 1.82) is 0 Å². The van der Waals surface area contributed by atoms with E-state index < -0.39 is 0 Å².